The number of carbonyl (C=O) groups is 1. The molecule has 2 rings (SSSR count). The van der Waals surface area contributed by atoms with Gasteiger partial charge in [-0.1, -0.05) is 35.0 Å². The van der Waals surface area contributed by atoms with Crippen LogP contribution < -0.4 is 5.32 Å². The Balaban J connectivity index is 2.28. The van der Waals surface area contributed by atoms with Gasteiger partial charge >= 0.3 is 5.97 Å². The molecule has 0 saturated carbocycles. The van der Waals surface area contributed by atoms with Crippen LogP contribution in [0.25, 0.3) is 0 Å². The number of halogens is 2. The van der Waals surface area contributed by atoms with Crippen LogP contribution in [0.2, 0.25) is 10.0 Å². The monoisotopic (exact) mass is 354 g/mol. The lowest BCUT2D eigenvalue weighted by molar-refractivity contribution is -0.136. The van der Waals surface area contributed by atoms with E-state index in [1.807, 2.05) is 0 Å². The molecule has 1 aromatic carbocycles. The Hall–Kier alpha value is -0.960. The van der Waals surface area contributed by atoms with Gasteiger partial charge in [-0.15, -0.1) is 4.40 Å². The van der Waals surface area contributed by atoms with Crippen LogP contribution in [0.4, 0.5) is 5.69 Å². The lowest BCUT2D eigenvalue weighted by atomic mass is 10.3. The van der Waals surface area contributed by atoms with Crippen LogP contribution >= 0.6 is 35.0 Å². The summed E-state index contributed by atoms with van der Waals surface area (Å²) >= 11 is 12.6. The number of thioether (sulfide) groups is 1. The van der Waals surface area contributed by atoms with Gasteiger partial charge < -0.3 is 10.4 Å². The topological polar surface area (TPSA) is 95.8 Å². The van der Waals surface area contributed by atoms with E-state index in [0.29, 0.717) is 0 Å². The molecule has 10 heteroatoms. The van der Waals surface area contributed by atoms with Crippen LogP contribution in [0.5, 0.6) is 0 Å². The van der Waals surface area contributed by atoms with E-state index in [1.165, 1.54) is 12.1 Å². The van der Waals surface area contributed by atoms with Crippen molar-refractivity contribution in [1.82, 2.24) is 0 Å². The highest BCUT2D eigenvalue weighted by Crippen LogP contribution is 2.35. The second-order valence-electron chi connectivity index (χ2n) is 3.75. The van der Waals surface area contributed by atoms with E-state index in [0.717, 1.165) is 11.8 Å². The number of nitrogens with zero attached hydrogens (tertiary/aromatic N) is 1. The van der Waals surface area contributed by atoms with E-state index in [9.17, 15) is 13.2 Å². The molecule has 20 heavy (non-hydrogen) atoms. The van der Waals surface area contributed by atoms with Crippen molar-refractivity contribution in [3.8, 4) is 0 Å². The molecule has 0 atom stereocenters. The van der Waals surface area contributed by atoms with Gasteiger partial charge in [0.25, 0.3) is 10.0 Å². The molecule has 0 saturated heterocycles. The smallest absolute Gasteiger partial charge is 0.304 e. The fraction of sp³-hybridized carbons (Fsp3) is 0.200. The van der Waals surface area contributed by atoms with Gasteiger partial charge in [0.2, 0.25) is 0 Å². The molecular weight excluding hydrogens is 347 g/mol. The molecule has 2 N–H and O–H groups in total. The van der Waals surface area contributed by atoms with Crippen molar-refractivity contribution in [2.24, 2.45) is 4.40 Å². The number of sulfonamides is 1. The van der Waals surface area contributed by atoms with E-state index >= 15 is 0 Å². The summed E-state index contributed by atoms with van der Waals surface area (Å²) < 4.78 is 27.5. The number of carboxylic acid groups (broad SMARTS) is 1. The molecule has 0 spiro atoms. The number of hydrogen-bond donors (Lipinski definition) is 2. The minimum atomic E-state index is -3.87. The van der Waals surface area contributed by atoms with Gasteiger partial charge in [0.05, 0.1) is 22.2 Å². The number of benzene rings is 1. The molecule has 0 radical (unpaired) electrons. The summed E-state index contributed by atoms with van der Waals surface area (Å²) in [6.45, 7) is 0. The van der Waals surface area contributed by atoms with E-state index in [2.05, 4.69) is 9.71 Å². The highest BCUT2D eigenvalue weighted by atomic mass is 35.5. The number of anilines is 1. The number of carboxylic acids is 1. The number of fused-ring (bicyclic) bond motifs is 1. The summed E-state index contributed by atoms with van der Waals surface area (Å²) in [5, 5.41) is 11.8. The third-order valence-corrected chi connectivity index (χ3v) is 5.33. The Bertz CT molecular complexity index is 703. The molecule has 0 bridgehead atoms. The summed E-state index contributed by atoms with van der Waals surface area (Å²) in [5.41, 5.74) is 0.271. The first-order valence-corrected chi connectivity index (χ1v) is 8.43. The Labute approximate surface area is 129 Å². The summed E-state index contributed by atoms with van der Waals surface area (Å²) in [6, 6.07) is 2.62. The van der Waals surface area contributed by atoms with Crippen molar-refractivity contribution in [3.63, 3.8) is 0 Å². The zero-order chi connectivity index (χ0) is 14.9. The summed E-state index contributed by atoms with van der Waals surface area (Å²) in [6.07, 6.45) is -0.0976. The lowest BCUT2D eigenvalue weighted by Gasteiger charge is -2.18. The quantitative estimate of drug-likeness (QED) is 0.866. The maximum absolute atomic E-state index is 12.0. The van der Waals surface area contributed by atoms with Gasteiger partial charge in [-0.2, -0.15) is 8.42 Å². The molecule has 1 heterocycles. The standard InChI is InChI=1S/C10H8Cl2N2O4S2/c11-5-3-7-8(4-6(5)12)20(17,18)14-10(13-7)19-2-1-9(15)16/h3-4H,1-2H2,(H,13,14)(H,15,16). The molecule has 0 amide bonds. The molecule has 0 unspecified atom stereocenters. The normalized spacial score (nSPS) is 16.0. The molecule has 108 valence electrons. The van der Waals surface area contributed by atoms with Crippen LogP contribution in [-0.4, -0.2) is 30.4 Å². The van der Waals surface area contributed by atoms with Crippen LogP contribution in [0, 0.1) is 0 Å². The second kappa shape index (κ2) is 5.80. The highest BCUT2D eigenvalue weighted by molar-refractivity contribution is 8.14. The molecule has 0 fully saturated rings. The number of aliphatic carboxylic acids is 1. The number of rotatable bonds is 3. The minimum Gasteiger partial charge on any atom is -0.481 e. The zero-order valence-electron chi connectivity index (χ0n) is 9.76. The highest BCUT2D eigenvalue weighted by Gasteiger charge is 2.26. The average Bonchev–Trinajstić information content (AvgIpc) is 2.31. The van der Waals surface area contributed by atoms with Crippen LogP contribution in [0.15, 0.2) is 21.4 Å². The Morgan fingerprint density at radius 1 is 1.35 bits per heavy atom. The largest absolute Gasteiger partial charge is 0.481 e. The van der Waals surface area contributed by atoms with Gasteiger partial charge in [0.15, 0.2) is 5.17 Å². The first-order chi connectivity index (χ1) is 9.29. The van der Waals surface area contributed by atoms with Crippen molar-refractivity contribution in [2.75, 3.05) is 11.1 Å². The summed E-state index contributed by atoms with van der Waals surface area (Å²) in [4.78, 5) is 10.4. The van der Waals surface area contributed by atoms with E-state index in [4.69, 9.17) is 28.3 Å². The number of hydrogen-bond acceptors (Lipinski definition) is 5. The Kier molecular flexibility index (Phi) is 4.48. The SMILES string of the molecule is O=C(O)CCSC1=NS(=O)(=O)c2cc(Cl)c(Cl)cc2N1. The van der Waals surface area contributed by atoms with Gasteiger partial charge in [-0.05, 0) is 12.1 Å². The van der Waals surface area contributed by atoms with Gasteiger partial charge in [-0.3, -0.25) is 4.79 Å². The lowest BCUT2D eigenvalue weighted by Crippen LogP contribution is -2.19. The van der Waals surface area contributed by atoms with Gasteiger partial charge in [0.1, 0.15) is 4.90 Å². The molecule has 6 nitrogen and oxygen atoms in total. The van der Waals surface area contributed by atoms with E-state index < -0.39 is 16.0 Å². The maximum Gasteiger partial charge on any atom is 0.304 e. The van der Waals surface area contributed by atoms with E-state index in [1.54, 1.807) is 0 Å². The molecule has 0 aliphatic carbocycles. The molecule has 0 aromatic heterocycles. The molecular formula is C10H8Cl2N2O4S2. The van der Waals surface area contributed by atoms with Crippen molar-refractivity contribution < 1.29 is 18.3 Å². The van der Waals surface area contributed by atoms with Crippen LogP contribution in [0.3, 0.4) is 0 Å². The average molecular weight is 355 g/mol. The molecule has 1 aromatic rings. The first kappa shape index (κ1) is 15.4. The van der Waals surface area contributed by atoms with Crippen LogP contribution in [-0.2, 0) is 14.8 Å². The van der Waals surface area contributed by atoms with Gasteiger partial charge in [-0.25, -0.2) is 0 Å². The summed E-state index contributed by atoms with van der Waals surface area (Å²) in [5.74, 6) is -0.764. The zero-order valence-corrected chi connectivity index (χ0v) is 12.9. The van der Waals surface area contributed by atoms with Crippen molar-refractivity contribution in [3.05, 3.63) is 22.2 Å². The predicted molar refractivity (Wildman–Crippen MR) is 79.4 cm³/mol. The van der Waals surface area contributed by atoms with Crippen molar-refractivity contribution >= 4 is 61.8 Å². The third-order valence-electron chi connectivity index (χ3n) is 2.30. The van der Waals surface area contributed by atoms with Crippen molar-refractivity contribution in [2.45, 2.75) is 11.3 Å². The predicted octanol–water partition coefficient (Wildman–Crippen LogP) is 2.67. The van der Waals surface area contributed by atoms with Crippen molar-refractivity contribution in [1.29, 1.82) is 0 Å². The Morgan fingerprint density at radius 2 is 2.00 bits per heavy atom. The number of amidine groups is 1. The molecule has 1 aliphatic rings. The fourth-order valence-corrected chi connectivity index (χ4v) is 4.00. The van der Waals surface area contributed by atoms with Crippen LogP contribution in [0.1, 0.15) is 6.42 Å². The second-order valence-corrected chi connectivity index (χ2v) is 7.22. The number of nitrogens with one attached hydrogen (secondary N) is 1. The molecule has 1 aliphatic heterocycles. The van der Waals surface area contributed by atoms with Gasteiger partial charge in [0, 0.05) is 5.75 Å². The minimum absolute atomic E-state index is 0.0607. The third kappa shape index (κ3) is 3.38. The summed E-state index contributed by atoms with van der Waals surface area (Å²) in [7, 11) is -3.87. The first-order valence-electron chi connectivity index (χ1n) is 5.25. The fourth-order valence-electron chi connectivity index (χ4n) is 1.43. The van der Waals surface area contributed by atoms with E-state index in [-0.39, 0.29) is 38.0 Å². The Morgan fingerprint density at radius 3 is 2.65 bits per heavy atom. The maximum atomic E-state index is 12.0.